The molecule has 0 aromatic heterocycles. The molecule has 0 heterocycles. The van der Waals surface area contributed by atoms with Crippen molar-refractivity contribution in [1.82, 2.24) is 0 Å². The Bertz CT molecular complexity index is 711. The predicted octanol–water partition coefficient (Wildman–Crippen LogP) is 3.85. The van der Waals surface area contributed by atoms with Crippen molar-refractivity contribution in [2.24, 2.45) is 0 Å². The molecule has 3 heteroatoms. The monoisotopic (exact) mass is 403 g/mol. The third-order valence-electron chi connectivity index (χ3n) is 2.98. The molecule has 3 aromatic carbocycles. The van der Waals surface area contributed by atoms with Gasteiger partial charge in [0.15, 0.2) is 0 Å². The van der Waals surface area contributed by atoms with Crippen LogP contribution in [0, 0.1) is 0 Å². The Labute approximate surface area is 139 Å². The molecule has 0 aliphatic rings. The molecule has 0 amide bonds. The summed E-state index contributed by atoms with van der Waals surface area (Å²) in [5.41, 5.74) is 2.29. The first-order chi connectivity index (χ1) is 10.3. The number of halogens is 1. The van der Waals surface area contributed by atoms with E-state index in [1.165, 1.54) is 14.6 Å². The van der Waals surface area contributed by atoms with E-state index in [1.807, 2.05) is 12.1 Å². The van der Waals surface area contributed by atoms with Gasteiger partial charge in [-0.15, -0.1) is 0 Å². The van der Waals surface area contributed by atoms with Gasteiger partial charge in [0.25, 0.3) is 0 Å². The Morgan fingerprint density at radius 2 is 1.38 bits per heavy atom. The molecule has 1 nitrogen and oxygen atoms in total. The summed E-state index contributed by atoms with van der Waals surface area (Å²) >= 11 is 3.77. The fourth-order valence-corrected chi connectivity index (χ4v) is 4.16. The molecule has 21 heavy (non-hydrogen) atoms. The van der Waals surface area contributed by atoms with Crippen LogP contribution in [0.4, 0.5) is 11.4 Å². The summed E-state index contributed by atoms with van der Waals surface area (Å²) < 4.78 is 3.84. The zero-order valence-electron chi connectivity index (χ0n) is 11.3. The van der Waals surface area contributed by atoms with Crippen molar-refractivity contribution in [2.45, 2.75) is 0 Å². The van der Waals surface area contributed by atoms with Crippen LogP contribution in [0.5, 0.6) is 0 Å². The number of anilines is 2. The normalized spacial score (nSPS) is 10.3. The van der Waals surface area contributed by atoms with Gasteiger partial charge in [-0.1, -0.05) is 0 Å². The number of hydrogen-bond acceptors (Lipinski definition) is 1. The van der Waals surface area contributed by atoms with E-state index in [-0.39, 0.29) is 0 Å². The Morgan fingerprint density at radius 3 is 2.14 bits per heavy atom. The predicted molar refractivity (Wildman–Crippen MR) is 95.3 cm³/mol. The summed E-state index contributed by atoms with van der Waals surface area (Å²) in [6.45, 7) is 0. The molecule has 3 aromatic rings. The second-order valence-corrected chi connectivity index (χ2v) is 7.80. The molecule has 0 saturated heterocycles. The molecule has 0 saturated carbocycles. The van der Waals surface area contributed by atoms with E-state index < -0.39 is 0 Å². The quantitative estimate of drug-likeness (QED) is 0.653. The standard InChI is InChI=1S/C18H14BrNSe/c19-14-10-12-15(13-11-14)20-17-8-4-5-9-18(17)21-16-6-2-1-3-7-16/h1-13,20H. The van der Waals surface area contributed by atoms with E-state index in [1.54, 1.807) is 0 Å². The van der Waals surface area contributed by atoms with Crippen molar-refractivity contribution < 1.29 is 0 Å². The van der Waals surface area contributed by atoms with Crippen LogP contribution in [0.1, 0.15) is 0 Å². The molecule has 0 unspecified atom stereocenters. The summed E-state index contributed by atoms with van der Waals surface area (Å²) in [6.07, 6.45) is 0. The maximum atomic E-state index is 3.51. The average Bonchev–Trinajstić information content (AvgIpc) is 2.52. The van der Waals surface area contributed by atoms with Gasteiger partial charge in [-0.05, 0) is 0 Å². The number of nitrogens with one attached hydrogen (secondary N) is 1. The van der Waals surface area contributed by atoms with Crippen molar-refractivity contribution in [3.63, 3.8) is 0 Å². The minimum absolute atomic E-state index is 0.306. The fourth-order valence-electron chi connectivity index (χ4n) is 1.96. The van der Waals surface area contributed by atoms with Crippen molar-refractivity contribution in [3.05, 3.63) is 83.3 Å². The summed E-state index contributed by atoms with van der Waals surface area (Å²) in [7, 11) is 0. The Kier molecular flexibility index (Phi) is 4.76. The first-order valence-corrected chi connectivity index (χ1v) is 9.16. The van der Waals surface area contributed by atoms with Gasteiger partial charge in [-0.3, -0.25) is 0 Å². The van der Waals surface area contributed by atoms with Crippen molar-refractivity contribution in [1.29, 1.82) is 0 Å². The summed E-state index contributed by atoms with van der Waals surface area (Å²) in [4.78, 5) is 0. The van der Waals surface area contributed by atoms with Gasteiger partial charge < -0.3 is 0 Å². The van der Waals surface area contributed by atoms with Gasteiger partial charge in [0.2, 0.25) is 0 Å². The van der Waals surface area contributed by atoms with Crippen LogP contribution in [0.15, 0.2) is 83.3 Å². The topological polar surface area (TPSA) is 12.0 Å². The number of rotatable bonds is 4. The molecule has 0 radical (unpaired) electrons. The molecule has 1 N–H and O–H groups in total. The second-order valence-electron chi connectivity index (χ2n) is 4.54. The van der Waals surface area contributed by atoms with E-state index in [9.17, 15) is 0 Å². The van der Waals surface area contributed by atoms with Crippen molar-refractivity contribution >= 4 is 51.2 Å². The molecule has 0 fully saturated rings. The third-order valence-corrected chi connectivity index (χ3v) is 5.78. The van der Waals surface area contributed by atoms with Crippen LogP contribution in [-0.2, 0) is 0 Å². The van der Waals surface area contributed by atoms with E-state index in [2.05, 4.69) is 88.0 Å². The van der Waals surface area contributed by atoms with Crippen LogP contribution >= 0.6 is 15.9 Å². The van der Waals surface area contributed by atoms with Crippen molar-refractivity contribution in [3.8, 4) is 0 Å². The zero-order chi connectivity index (χ0) is 14.5. The van der Waals surface area contributed by atoms with Crippen LogP contribution < -0.4 is 14.2 Å². The zero-order valence-corrected chi connectivity index (χ0v) is 14.6. The molecular weight excluding hydrogens is 389 g/mol. The van der Waals surface area contributed by atoms with Crippen LogP contribution in [0.25, 0.3) is 0 Å². The number of benzene rings is 3. The number of para-hydroxylation sites is 1. The van der Waals surface area contributed by atoms with Gasteiger partial charge in [0.05, 0.1) is 0 Å². The number of hydrogen-bond donors (Lipinski definition) is 1. The molecule has 0 atom stereocenters. The average molecular weight is 403 g/mol. The Morgan fingerprint density at radius 1 is 0.714 bits per heavy atom. The summed E-state index contributed by atoms with van der Waals surface area (Å²) in [5.74, 6) is 0. The van der Waals surface area contributed by atoms with Gasteiger partial charge >= 0.3 is 140 Å². The van der Waals surface area contributed by atoms with Crippen molar-refractivity contribution in [2.75, 3.05) is 5.32 Å². The first-order valence-electron chi connectivity index (χ1n) is 6.66. The SMILES string of the molecule is Brc1ccc(Nc2ccccc2[Se]c2ccccc2)cc1. The van der Waals surface area contributed by atoms with Gasteiger partial charge in [-0.25, -0.2) is 0 Å². The molecule has 3 rings (SSSR count). The van der Waals surface area contributed by atoms with Crippen LogP contribution in [0.2, 0.25) is 0 Å². The van der Waals surface area contributed by atoms with Gasteiger partial charge in [0, 0.05) is 0 Å². The second kappa shape index (κ2) is 6.95. The van der Waals surface area contributed by atoms with Gasteiger partial charge in [0.1, 0.15) is 0 Å². The maximum absolute atomic E-state index is 3.51. The fraction of sp³-hybridized carbons (Fsp3) is 0. The van der Waals surface area contributed by atoms with E-state index in [4.69, 9.17) is 0 Å². The minimum atomic E-state index is 0.306. The molecule has 0 bridgehead atoms. The molecule has 104 valence electrons. The molecule has 0 aliphatic carbocycles. The van der Waals surface area contributed by atoms with E-state index >= 15 is 0 Å². The van der Waals surface area contributed by atoms with E-state index in [0.29, 0.717) is 15.0 Å². The van der Waals surface area contributed by atoms with E-state index in [0.717, 1.165) is 10.2 Å². The van der Waals surface area contributed by atoms with Crippen LogP contribution in [0.3, 0.4) is 0 Å². The molecular formula is C18H14BrNSe. The Hall–Kier alpha value is -1.54. The van der Waals surface area contributed by atoms with Gasteiger partial charge in [-0.2, -0.15) is 0 Å². The Balaban J connectivity index is 1.84. The molecule has 0 spiro atoms. The summed E-state index contributed by atoms with van der Waals surface area (Å²) in [6, 6.07) is 27.4. The first kappa shape index (κ1) is 14.4. The van der Waals surface area contributed by atoms with Crippen LogP contribution in [-0.4, -0.2) is 15.0 Å². The molecule has 0 aliphatic heterocycles. The third kappa shape index (κ3) is 3.98. The summed E-state index contributed by atoms with van der Waals surface area (Å²) in [5, 5.41) is 3.51.